The molecule has 7 heteroatoms. The Kier molecular flexibility index (Phi) is 8.41. The number of hydrogen-bond acceptors (Lipinski definition) is 4. The molecule has 0 radical (unpaired) electrons. The van der Waals surface area contributed by atoms with Gasteiger partial charge in [-0.05, 0) is 25.3 Å². The normalized spacial score (nSPS) is 13.3. The summed E-state index contributed by atoms with van der Waals surface area (Å²) in [6, 6.07) is 2.35. The number of alkyl halides is 2. The summed E-state index contributed by atoms with van der Waals surface area (Å²) in [5.41, 5.74) is 3.63. The summed E-state index contributed by atoms with van der Waals surface area (Å²) >= 11 is 0. The van der Waals surface area contributed by atoms with Gasteiger partial charge in [0.25, 0.3) is 6.43 Å². The highest BCUT2D eigenvalue weighted by Crippen LogP contribution is 2.15. The average Bonchev–Trinajstić information content (AvgIpc) is 2.91. The van der Waals surface area contributed by atoms with Crippen LogP contribution in [0.2, 0.25) is 0 Å². The molecule has 1 aromatic rings. The molecule has 0 bridgehead atoms. The smallest absolute Gasteiger partial charge is 0.261 e. The van der Waals surface area contributed by atoms with Gasteiger partial charge in [0, 0.05) is 25.3 Å². The number of aromatic nitrogens is 2. The Hall–Kier alpha value is -1.05. The Bertz CT molecular complexity index is 383. The Balaban J connectivity index is 2.42. The molecule has 122 valence electrons. The van der Waals surface area contributed by atoms with Gasteiger partial charge in [0.1, 0.15) is 6.61 Å². The van der Waals surface area contributed by atoms with Gasteiger partial charge in [-0.3, -0.25) is 16.0 Å². The van der Waals surface area contributed by atoms with Gasteiger partial charge in [-0.25, -0.2) is 8.78 Å². The molecule has 1 unspecified atom stereocenters. The van der Waals surface area contributed by atoms with Crippen molar-refractivity contribution < 1.29 is 13.5 Å². The molecule has 0 amide bonds. The maximum absolute atomic E-state index is 12.0. The first kappa shape index (κ1) is 18.0. The molecule has 0 fully saturated rings. The first-order valence-corrected chi connectivity index (χ1v) is 7.46. The number of rotatable bonds is 11. The third-order valence-corrected chi connectivity index (χ3v) is 3.53. The van der Waals surface area contributed by atoms with Gasteiger partial charge in [0.2, 0.25) is 0 Å². The Morgan fingerprint density at radius 2 is 2.10 bits per heavy atom. The number of nitrogens with one attached hydrogen (secondary N) is 1. The fraction of sp³-hybridized carbons (Fsp3) is 0.786. The summed E-state index contributed by atoms with van der Waals surface area (Å²) in [4.78, 5) is 0. The van der Waals surface area contributed by atoms with Gasteiger partial charge < -0.3 is 4.74 Å². The number of hydrogen-bond donors (Lipinski definition) is 2. The van der Waals surface area contributed by atoms with E-state index in [-0.39, 0.29) is 12.6 Å². The van der Waals surface area contributed by atoms with Crippen LogP contribution >= 0.6 is 0 Å². The molecule has 0 aliphatic rings. The van der Waals surface area contributed by atoms with Gasteiger partial charge in [-0.15, -0.1) is 0 Å². The highest BCUT2D eigenvalue weighted by molar-refractivity contribution is 5.02. The lowest BCUT2D eigenvalue weighted by molar-refractivity contribution is 0.0144. The van der Waals surface area contributed by atoms with E-state index in [0.717, 1.165) is 18.5 Å². The molecule has 1 rings (SSSR count). The number of hydrazine groups is 1. The summed E-state index contributed by atoms with van der Waals surface area (Å²) in [7, 11) is 0. The summed E-state index contributed by atoms with van der Waals surface area (Å²) in [5, 5.41) is 4.56. The van der Waals surface area contributed by atoms with Crippen LogP contribution < -0.4 is 11.3 Å². The van der Waals surface area contributed by atoms with Crippen LogP contribution in [0.4, 0.5) is 8.78 Å². The van der Waals surface area contributed by atoms with Crippen LogP contribution in [0.5, 0.6) is 0 Å². The first-order valence-electron chi connectivity index (χ1n) is 7.46. The van der Waals surface area contributed by atoms with Gasteiger partial charge in [-0.2, -0.15) is 5.10 Å². The quantitative estimate of drug-likeness (QED) is 0.374. The maximum Gasteiger partial charge on any atom is 0.261 e. The lowest BCUT2D eigenvalue weighted by atomic mass is 10.1. The van der Waals surface area contributed by atoms with E-state index < -0.39 is 13.0 Å². The van der Waals surface area contributed by atoms with Gasteiger partial charge in [0.15, 0.2) is 0 Å². The van der Waals surface area contributed by atoms with Crippen LogP contribution in [0, 0.1) is 0 Å². The number of ether oxygens (including phenoxy) is 1. The minimum absolute atomic E-state index is 0.0345. The molecule has 0 aliphatic heterocycles. The third-order valence-electron chi connectivity index (χ3n) is 3.53. The fourth-order valence-electron chi connectivity index (χ4n) is 2.25. The minimum Gasteiger partial charge on any atom is -0.375 e. The zero-order valence-corrected chi connectivity index (χ0v) is 12.8. The molecule has 1 aromatic heterocycles. The number of halogens is 2. The number of nitrogens with zero attached hydrogens (tertiary/aromatic N) is 2. The molecule has 21 heavy (non-hydrogen) atoms. The van der Waals surface area contributed by atoms with Crippen molar-refractivity contribution in [3.63, 3.8) is 0 Å². The molecule has 3 N–H and O–H groups in total. The molecule has 1 atom stereocenters. The van der Waals surface area contributed by atoms with Crippen molar-refractivity contribution in [1.29, 1.82) is 0 Å². The molecule has 0 saturated carbocycles. The van der Waals surface area contributed by atoms with E-state index in [0.29, 0.717) is 18.9 Å². The zero-order valence-electron chi connectivity index (χ0n) is 12.8. The van der Waals surface area contributed by atoms with E-state index in [4.69, 9.17) is 10.6 Å². The highest BCUT2D eigenvalue weighted by atomic mass is 19.3. The molecule has 0 aromatic carbocycles. The summed E-state index contributed by atoms with van der Waals surface area (Å²) in [5.74, 6) is 5.49. The van der Waals surface area contributed by atoms with Gasteiger partial charge in [0.05, 0.1) is 11.7 Å². The van der Waals surface area contributed by atoms with E-state index in [1.165, 1.54) is 0 Å². The second-order valence-electron chi connectivity index (χ2n) is 5.08. The summed E-state index contributed by atoms with van der Waals surface area (Å²) in [6.07, 6.45) is 2.86. The zero-order chi connectivity index (χ0) is 15.7. The molecular formula is C14H26F2N4O. The SMILES string of the molecule is CCC(CC)n1ccc(CC(CCOCC(F)F)NN)n1. The van der Waals surface area contributed by atoms with Crippen molar-refractivity contribution in [2.45, 2.75) is 58.0 Å². The fourth-order valence-corrected chi connectivity index (χ4v) is 2.25. The Morgan fingerprint density at radius 1 is 1.38 bits per heavy atom. The summed E-state index contributed by atoms with van der Waals surface area (Å²) < 4.78 is 30.8. The van der Waals surface area contributed by atoms with Crippen molar-refractivity contribution in [3.05, 3.63) is 18.0 Å². The van der Waals surface area contributed by atoms with Crippen molar-refractivity contribution in [3.8, 4) is 0 Å². The molecule has 1 heterocycles. The van der Waals surface area contributed by atoms with Crippen LogP contribution in [0.15, 0.2) is 12.3 Å². The molecule has 0 aliphatic carbocycles. The second kappa shape index (κ2) is 9.81. The third kappa shape index (κ3) is 6.50. The lowest BCUT2D eigenvalue weighted by Crippen LogP contribution is -2.38. The number of nitrogens with two attached hydrogens (primary N) is 1. The van der Waals surface area contributed by atoms with Gasteiger partial charge in [-0.1, -0.05) is 13.8 Å². The van der Waals surface area contributed by atoms with E-state index in [9.17, 15) is 8.78 Å². The van der Waals surface area contributed by atoms with Crippen molar-refractivity contribution in [1.82, 2.24) is 15.2 Å². The first-order chi connectivity index (χ1) is 10.1. The van der Waals surface area contributed by atoms with Crippen molar-refractivity contribution in [2.75, 3.05) is 13.2 Å². The van der Waals surface area contributed by atoms with Crippen LogP contribution in [0.1, 0.15) is 44.8 Å². The van der Waals surface area contributed by atoms with Crippen molar-refractivity contribution in [2.24, 2.45) is 5.84 Å². The molecular weight excluding hydrogens is 278 g/mol. The molecule has 0 spiro atoms. The largest absolute Gasteiger partial charge is 0.375 e. The van der Waals surface area contributed by atoms with Gasteiger partial charge >= 0.3 is 0 Å². The predicted molar refractivity (Wildman–Crippen MR) is 78.1 cm³/mol. The van der Waals surface area contributed by atoms with Crippen LogP contribution in [0.3, 0.4) is 0 Å². The van der Waals surface area contributed by atoms with Crippen molar-refractivity contribution >= 4 is 0 Å². The molecule has 5 nitrogen and oxygen atoms in total. The topological polar surface area (TPSA) is 65.1 Å². The molecule has 0 saturated heterocycles. The van der Waals surface area contributed by atoms with E-state index in [1.807, 2.05) is 16.9 Å². The highest BCUT2D eigenvalue weighted by Gasteiger charge is 2.13. The van der Waals surface area contributed by atoms with E-state index >= 15 is 0 Å². The predicted octanol–water partition coefficient (Wildman–Crippen LogP) is 2.29. The minimum atomic E-state index is -2.43. The Labute approximate surface area is 124 Å². The maximum atomic E-state index is 12.0. The average molecular weight is 304 g/mol. The Morgan fingerprint density at radius 3 is 2.67 bits per heavy atom. The lowest BCUT2D eigenvalue weighted by Gasteiger charge is -2.15. The monoisotopic (exact) mass is 304 g/mol. The van der Waals surface area contributed by atoms with Crippen LogP contribution in [-0.4, -0.2) is 35.5 Å². The second-order valence-corrected chi connectivity index (χ2v) is 5.08. The van der Waals surface area contributed by atoms with E-state index in [1.54, 1.807) is 0 Å². The van der Waals surface area contributed by atoms with E-state index in [2.05, 4.69) is 24.4 Å². The van der Waals surface area contributed by atoms with Crippen LogP contribution in [-0.2, 0) is 11.2 Å². The summed E-state index contributed by atoms with van der Waals surface area (Å²) in [6.45, 7) is 4.01. The van der Waals surface area contributed by atoms with Crippen LogP contribution in [0.25, 0.3) is 0 Å². The standard InChI is InChI=1S/C14H26F2N4O/c1-3-13(4-2)20-7-5-12(19-20)9-11(18-17)6-8-21-10-14(15)16/h5,7,11,13-14,18H,3-4,6,8-10,17H2,1-2H3.